The Hall–Kier alpha value is -2.12. The Morgan fingerprint density at radius 2 is 1.68 bits per heavy atom. The van der Waals surface area contributed by atoms with Crippen molar-refractivity contribution in [1.82, 2.24) is 5.32 Å². The SMILES string of the molecule is CCOC(=O)C[C@H](C(=O)OCC)[C@@H](NC(=O)CC1CCCC1)C(N)=O. The van der Waals surface area contributed by atoms with Gasteiger partial charge in [0.25, 0.3) is 0 Å². The third kappa shape index (κ3) is 7.11. The zero-order chi connectivity index (χ0) is 18.8. The zero-order valence-electron chi connectivity index (χ0n) is 14.9. The van der Waals surface area contributed by atoms with Crippen molar-refractivity contribution in [2.45, 2.75) is 58.4 Å². The second kappa shape index (κ2) is 10.7. The summed E-state index contributed by atoms with van der Waals surface area (Å²) in [6.07, 6.45) is 4.01. The first kappa shape index (κ1) is 20.9. The standard InChI is InChI=1S/C17H28N2O6/c1-3-24-14(21)10-12(17(23)25-4-2)15(16(18)22)19-13(20)9-11-7-5-6-8-11/h11-12,15H,3-10H2,1-2H3,(H2,18,22)(H,19,20)/t12-,15+/m0/s1. The van der Waals surface area contributed by atoms with Crippen LogP contribution in [0.5, 0.6) is 0 Å². The summed E-state index contributed by atoms with van der Waals surface area (Å²) in [6, 6.07) is -1.31. The van der Waals surface area contributed by atoms with Crippen molar-refractivity contribution in [2.75, 3.05) is 13.2 Å². The van der Waals surface area contributed by atoms with Gasteiger partial charge >= 0.3 is 11.9 Å². The van der Waals surface area contributed by atoms with E-state index in [0.29, 0.717) is 0 Å². The number of carbonyl (C=O) groups excluding carboxylic acids is 4. The van der Waals surface area contributed by atoms with E-state index in [-0.39, 0.29) is 37.9 Å². The molecule has 2 amide bonds. The van der Waals surface area contributed by atoms with Crippen LogP contribution in [0.3, 0.4) is 0 Å². The quantitative estimate of drug-likeness (QED) is 0.554. The van der Waals surface area contributed by atoms with Crippen LogP contribution in [-0.2, 0) is 28.7 Å². The summed E-state index contributed by atoms with van der Waals surface area (Å²) in [7, 11) is 0. The average Bonchev–Trinajstić information content (AvgIpc) is 3.03. The maximum absolute atomic E-state index is 12.2. The van der Waals surface area contributed by atoms with Crippen LogP contribution >= 0.6 is 0 Å². The summed E-state index contributed by atoms with van der Waals surface area (Å²) in [5.41, 5.74) is 5.36. The lowest BCUT2D eigenvalue weighted by molar-refractivity contribution is -0.157. The molecule has 0 unspecified atom stereocenters. The molecule has 8 nitrogen and oxygen atoms in total. The third-order valence-corrected chi connectivity index (χ3v) is 4.26. The molecule has 0 aromatic heterocycles. The zero-order valence-corrected chi connectivity index (χ0v) is 14.9. The van der Waals surface area contributed by atoms with Crippen molar-refractivity contribution in [2.24, 2.45) is 17.6 Å². The Morgan fingerprint density at radius 1 is 1.08 bits per heavy atom. The number of nitrogens with two attached hydrogens (primary N) is 1. The first-order valence-corrected chi connectivity index (χ1v) is 8.79. The number of carbonyl (C=O) groups is 4. The topological polar surface area (TPSA) is 125 Å². The largest absolute Gasteiger partial charge is 0.466 e. The average molecular weight is 356 g/mol. The van der Waals surface area contributed by atoms with E-state index >= 15 is 0 Å². The molecule has 3 N–H and O–H groups in total. The minimum atomic E-state index is -1.31. The van der Waals surface area contributed by atoms with E-state index in [0.717, 1.165) is 25.7 Å². The van der Waals surface area contributed by atoms with Crippen LogP contribution in [0.15, 0.2) is 0 Å². The van der Waals surface area contributed by atoms with Gasteiger partial charge in [-0.15, -0.1) is 0 Å². The predicted octanol–water partition coefficient (Wildman–Crippen LogP) is 0.669. The Bertz CT molecular complexity index is 488. The Kier molecular flexibility index (Phi) is 8.94. The molecule has 0 saturated heterocycles. The van der Waals surface area contributed by atoms with Crippen molar-refractivity contribution >= 4 is 23.8 Å². The number of hydrogen-bond acceptors (Lipinski definition) is 6. The number of nitrogens with one attached hydrogen (secondary N) is 1. The number of amides is 2. The number of hydrogen-bond donors (Lipinski definition) is 2. The Balaban J connectivity index is 2.81. The van der Waals surface area contributed by atoms with Crippen molar-refractivity contribution in [1.29, 1.82) is 0 Å². The molecule has 1 saturated carbocycles. The first-order chi connectivity index (χ1) is 11.9. The molecule has 0 spiro atoms. The van der Waals surface area contributed by atoms with Crippen LogP contribution < -0.4 is 11.1 Å². The molecule has 0 aromatic carbocycles. The highest BCUT2D eigenvalue weighted by Gasteiger charge is 2.37. The second-order valence-corrected chi connectivity index (χ2v) is 6.17. The molecule has 1 aliphatic rings. The predicted molar refractivity (Wildman–Crippen MR) is 89.1 cm³/mol. The normalized spacial score (nSPS) is 16.7. The summed E-state index contributed by atoms with van der Waals surface area (Å²) >= 11 is 0. The fourth-order valence-electron chi connectivity index (χ4n) is 3.07. The Labute approximate surface area is 147 Å². The van der Waals surface area contributed by atoms with E-state index in [1.54, 1.807) is 13.8 Å². The first-order valence-electron chi connectivity index (χ1n) is 8.79. The lowest BCUT2D eigenvalue weighted by Crippen LogP contribution is -2.52. The molecule has 0 heterocycles. The molecular weight excluding hydrogens is 328 g/mol. The van der Waals surface area contributed by atoms with E-state index in [1.165, 1.54) is 0 Å². The van der Waals surface area contributed by atoms with Gasteiger partial charge in [0, 0.05) is 6.42 Å². The molecule has 142 valence electrons. The highest BCUT2D eigenvalue weighted by Crippen LogP contribution is 2.27. The molecular formula is C17H28N2O6. The second-order valence-electron chi connectivity index (χ2n) is 6.17. The number of primary amides is 1. The van der Waals surface area contributed by atoms with Crippen LogP contribution in [0.2, 0.25) is 0 Å². The highest BCUT2D eigenvalue weighted by atomic mass is 16.5. The monoisotopic (exact) mass is 356 g/mol. The fraction of sp³-hybridized carbons (Fsp3) is 0.765. The molecule has 25 heavy (non-hydrogen) atoms. The maximum atomic E-state index is 12.2. The van der Waals surface area contributed by atoms with E-state index in [2.05, 4.69) is 5.32 Å². The number of ether oxygens (including phenoxy) is 2. The Morgan fingerprint density at radius 3 is 2.20 bits per heavy atom. The number of esters is 2. The van der Waals surface area contributed by atoms with Crippen molar-refractivity contribution in [3.8, 4) is 0 Å². The van der Waals surface area contributed by atoms with E-state index in [9.17, 15) is 19.2 Å². The summed E-state index contributed by atoms with van der Waals surface area (Å²) < 4.78 is 9.76. The minimum absolute atomic E-state index is 0.0830. The summed E-state index contributed by atoms with van der Waals surface area (Å²) in [4.78, 5) is 48.0. The van der Waals surface area contributed by atoms with Crippen LogP contribution in [0.4, 0.5) is 0 Å². The van der Waals surface area contributed by atoms with Gasteiger partial charge in [0.15, 0.2) is 0 Å². The van der Waals surface area contributed by atoms with Gasteiger partial charge in [-0.3, -0.25) is 19.2 Å². The van der Waals surface area contributed by atoms with Gasteiger partial charge < -0.3 is 20.5 Å². The lowest BCUT2D eigenvalue weighted by atomic mass is 9.94. The van der Waals surface area contributed by atoms with Gasteiger partial charge in [0.05, 0.1) is 25.6 Å². The molecule has 0 aromatic rings. The maximum Gasteiger partial charge on any atom is 0.312 e. The van der Waals surface area contributed by atoms with Gasteiger partial charge in [-0.1, -0.05) is 12.8 Å². The van der Waals surface area contributed by atoms with Crippen LogP contribution in [0.25, 0.3) is 0 Å². The van der Waals surface area contributed by atoms with Crippen LogP contribution in [0.1, 0.15) is 52.4 Å². The smallest absolute Gasteiger partial charge is 0.312 e. The van der Waals surface area contributed by atoms with E-state index in [4.69, 9.17) is 15.2 Å². The van der Waals surface area contributed by atoms with Gasteiger partial charge in [0.2, 0.25) is 11.8 Å². The van der Waals surface area contributed by atoms with E-state index < -0.39 is 29.8 Å². The van der Waals surface area contributed by atoms with Gasteiger partial charge in [-0.2, -0.15) is 0 Å². The van der Waals surface area contributed by atoms with Gasteiger partial charge in [-0.25, -0.2) is 0 Å². The van der Waals surface area contributed by atoms with Crippen LogP contribution in [0, 0.1) is 11.8 Å². The molecule has 0 aliphatic heterocycles. The van der Waals surface area contributed by atoms with Crippen LogP contribution in [-0.4, -0.2) is 43.0 Å². The molecule has 1 fully saturated rings. The van der Waals surface area contributed by atoms with E-state index in [1.807, 2.05) is 0 Å². The molecule has 0 bridgehead atoms. The number of rotatable bonds is 10. The molecule has 8 heteroatoms. The fourth-order valence-corrected chi connectivity index (χ4v) is 3.07. The van der Waals surface area contributed by atoms with Crippen molar-refractivity contribution in [3.63, 3.8) is 0 Å². The van der Waals surface area contributed by atoms with Gasteiger partial charge in [0.1, 0.15) is 6.04 Å². The van der Waals surface area contributed by atoms with Crippen molar-refractivity contribution < 1.29 is 28.7 Å². The molecule has 0 radical (unpaired) electrons. The highest BCUT2D eigenvalue weighted by molar-refractivity contribution is 5.93. The molecule has 1 aliphatic carbocycles. The summed E-state index contributed by atoms with van der Waals surface area (Å²) in [5, 5.41) is 2.51. The van der Waals surface area contributed by atoms with Crippen molar-refractivity contribution in [3.05, 3.63) is 0 Å². The third-order valence-electron chi connectivity index (χ3n) is 4.26. The van der Waals surface area contributed by atoms with Gasteiger partial charge in [-0.05, 0) is 32.6 Å². The lowest BCUT2D eigenvalue weighted by Gasteiger charge is -2.24. The summed E-state index contributed by atoms with van der Waals surface area (Å²) in [6.45, 7) is 3.47. The molecule has 1 rings (SSSR count). The minimum Gasteiger partial charge on any atom is -0.466 e. The molecule has 2 atom stereocenters. The summed E-state index contributed by atoms with van der Waals surface area (Å²) in [5.74, 6) is -3.59.